The van der Waals surface area contributed by atoms with Gasteiger partial charge in [-0.15, -0.1) is 11.3 Å². The SMILES string of the molecule is CCNC(c1cc(Br)ccc1Cl)c1cccc2ccsc12. The van der Waals surface area contributed by atoms with E-state index in [1.807, 2.05) is 12.1 Å². The average Bonchev–Trinajstić information content (AvgIpc) is 2.96. The fraction of sp³-hybridized carbons (Fsp3) is 0.176. The van der Waals surface area contributed by atoms with Gasteiger partial charge < -0.3 is 5.32 Å². The highest BCUT2D eigenvalue weighted by atomic mass is 79.9. The minimum absolute atomic E-state index is 0.0994. The molecule has 3 aromatic rings. The van der Waals surface area contributed by atoms with Crippen molar-refractivity contribution < 1.29 is 0 Å². The minimum atomic E-state index is 0.0994. The number of thiophene rings is 1. The van der Waals surface area contributed by atoms with Crippen molar-refractivity contribution in [3.05, 3.63) is 68.5 Å². The van der Waals surface area contributed by atoms with E-state index in [0.29, 0.717) is 0 Å². The van der Waals surface area contributed by atoms with E-state index >= 15 is 0 Å². The molecule has 0 saturated heterocycles. The van der Waals surface area contributed by atoms with E-state index in [0.717, 1.165) is 21.6 Å². The molecule has 2 aromatic carbocycles. The zero-order chi connectivity index (χ0) is 14.8. The number of fused-ring (bicyclic) bond motifs is 1. The highest BCUT2D eigenvalue weighted by Crippen LogP contribution is 2.36. The summed E-state index contributed by atoms with van der Waals surface area (Å²) in [6.07, 6.45) is 0. The van der Waals surface area contributed by atoms with Crippen molar-refractivity contribution >= 4 is 49.0 Å². The molecule has 0 radical (unpaired) electrons. The molecule has 1 atom stereocenters. The summed E-state index contributed by atoms with van der Waals surface area (Å²) in [5, 5.41) is 7.78. The molecular weight excluding hydrogens is 366 g/mol. The zero-order valence-electron chi connectivity index (χ0n) is 11.6. The molecule has 0 aliphatic rings. The van der Waals surface area contributed by atoms with Crippen LogP contribution in [0.2, 0.25) is 5.02 Å². The van der Waals surface area contributed by atoms with Gasteiger partial charge in [-0.25, -0.2) is 0 Å². The monoisotopic (exact) mass is 379 g/mol. The molecule has 0 aliphatic carbocycles. The molecular formula is C17H15BrClNS. The maximum Gasteiger partial charge on any atom is 0.0605 e. The first-order valence-electron chi connectivity index (χ1n) is 6.85. The van der Waals surface area contributed by atoms with E-state index in [1.54, 1.807) is 11.3 Å². The van der Waals surface area contributed by atoms with Crippen LogP contribution in [-0.2, 0) is 0 Å². The summed E-state index contributed by atoms with van der Waals surface area (Å²) < 4.78 is 2.36. The van der Waals surface area contributed by atoms with Gasteiger partial charge in [0, 0.05) is 14.2 Å². The van der Waals surface area contributed by atoms with Crippen molar-refractivity contribution in [3.63, 3.8) is 0 Å². The van der Waals surface area contributed by atoms with Crippen LogP contribution in [0, 0.1) is 0 Å². The fourth-order valence-corrected chi connectivity index (χ4v) is 4.12. The van der Waals surface area contributed by atoms with Crippen molar-refractivity contribution in [1.82, 2.24) is 5.32 Å². The summed E-state index contributed by atoms with van der Waals surface area (Å²) in [5.41, 5.74) is 2.39. The van der Waals surface area contributed by atoms with E-state index in [2.05, 4.69) is 63.9 Å². The van der Waals surface area contributed by atoms with Crippen molar-refractivity contribution in [2.75, 3.05) is 6.54 Å². The first-order valence-corrected chi connectivity index (χ1v) is 8.90. The first kappa shape index (κ1) is 15.0. The third kappa shape index (κ3) is 3.02. The lowest BCUT2D eigenvalue weighted by atomic mass is 9.97. The molecule has 1 nitrogen and oxygen atoms in total. The Balaban J connectivity index is 2.18. The number of halogens is 2. The molecule has 4 heteroatoms. The molecule has 1 N–H and O–H groups in total. The van der Waals surface area contributed by atoms with E-state index < -0.39 is 0 Å². The van der Waals surface area contributed by atoms with Gasteiger partial charge >= 0.3 is 0 Å². The smallest absolute Gasteiger partial charge is 0.0605 e. The highest BCUT2D eigenvalue weighted by molar-refractivity contribution is 9.10. The maximum absolute atomic E-state index is 6.44. The Bertz CT molecular complexity index is 768. The van der Waals surface area contributed by atoms with Crippen LogP contribution in [0.25, 0.3) is 10.1 Å². The van der Waals surface area contributed by atoms with Crippen LogP contribution >= 0.6 is 38.9 Å². The number of hydrogen-bond donors (Lipinski definition) is 1. The standard InChI is InChI=1S/C17H15BrClNS/c1-2-20-16(14-10-12(18)6-7-15(14)19)13-5-3-4-11-8-9-21-17(11)13/h3-10,16,20H,2H2,1H3. The van der Waals surface area contributed by atoms with Crippen molar-refractivity contribution in [3.8, 4) is 0 Å². The lowest BCUT2D eigenvalue weighted by Crippen LogP contribution is -2.22. The molecule has 1 unspecified atom stereocenters. The number of hydrogen-bond acceptors (Lipinski definition) is 2. The van der Waals surface area contributed by atoms with Crippen molar-refractivity contribution in [2.24, 2.45) is 0 Å². The molecule has 0 spiro atoms. The zero-order valence-corrected chi connectivity index (χ0v) is 14.7. The third-order valence-corrected chi connectivity index (χ3v) is 5.31. The summed E-state index contributed by atoms with van der Waals surface area (Å²) in [4.78, 5) is 0. The van der Waals surface area contributed by atoms with E-state index in [-0.39, 0.29) is 6.04 Å². The fourth-order valence-electron chi connectivity index (χ4n) is 2.57. The van der Waals surface area contributed by atoms with Crippen LogP contribution in [-0.4, -0.2) is 6.54 Å². The Morgan fingerprint density at radius 2 is 2.05 bits per heavy atom. The van der Waals surface area contributed by atoms with Gasteiger partial charge in [-0.3, -0.25) is 0 Å². The minimum Gasteiger partial charge on any atom is -0.306 e. The Morgan fingerprint density at radius 3 is 2.86 bits per heavy atom. The number of nitrogens with one attached hydrogen (secondary N) is 1. The van der Waals surface area contributed by atoms with Gasteiger partial charge in [-0.1, -0.05) is 52.7 Å². The highest BCUT2D eigenvalue weighted by Gasteiger charge is 2.19. The van der Waals surface area contributed by atoms with Gasteiger partial charge in [0.25, 0.3) is 0 Å². The van der Waals surface area contributed by atoms with Crippen LogP contribution < -0.4 is 5.32 Å². The second-order valence-corrected chi connectivity index (χ2v) is 7.08. The number of benzene rings is 2. The summed E-state index contributed by atoms with van der Waals surface area (Å²) in [6, 6.07) is 14.7. The summed E-state index contributed by atoms with van der Waals surface area (Å²) in [6.45, 7) is 3.00. The molecule has 108 valence electrons. The maximum atomic E-state index is 6.44. The molecule has 0 aliphatic heterocycles. The Hall–Kier alpha value is -0.870. The quantitative estimate of drug-likeness (QED) is 0.584. The predicted octanol–water partition coefficient (Wildman–Crippen LogP) is 6.02. The van der Waals surface area contributed by atoms with Crippen LogP contribution in [0.3, 0.4) is 0 Å². The van der Waals surface area contributed by atoms with Gasteiger partial charge in [0.15, 0.2) is 0 Å². The van der Waals surface area contributed by atoms with Crippen LogP contribution in [0.15, 0.2) is 52.3 Å². The molecule has 0 bridgehead atoms. The van der Waals surface area contributed by atoms with Gasteiger partial charge in [0.1, 0.15) is 0 Å². The van der Waals surface area contributed by atoms with Gasteiger partial charge in [0.2, 0.25) is 0 Å². The van der Waals surface area contributed by atoms with Crippen LogP contribution in [0.5, 0.6) is 0 Å². The normalized spacial score (nSPS) is 12.7. The van der Waals surface area contributed by atoms with Gasteiger partial charge in [-0.05, 0) is 52.7 Å². The van der Waals surface area contributed by atoms with E-state index in [1.165, 1.54) is 15.6 Å². The average molecular weight is 381 g/mol. The van der Waals surface area contributed by atoms with E-state index in [4.69, 9.17) is 11.6 Å². The summed E-state index contributed by atoms with van der Waals surface area (Å²) in [5.74, 6) is 0. The predicted molar refractivity (Wildman–Crippen MR) is 96.5 cm³/mol. The molecule has 21 heavy (non-hydrogen) atoms. The molecule has 1 aromatic heterocycles. The van der Waals surface area contributed by atoms with Crippen LogP contribution in [0.1, 0.15) is 24.1 Å². The molecule has 3 rings (SSSR count). The lowest BCUT2D eigenvalue weighted by Gasteiger charge is -2.21. The first-order chi connectivity index (χ1) is 10.2. The molecule has 0 fully saturated rings. The Kier molecular flexibility index (Phi) is 4.65. The molecule has 1 heterocycles. The topological polar surface area (TPSA) is 12.0 Å². The van der Waals surface area contributed by atoms with Gasteiger partial charge in [-0.2, -0.15) is 0 Å². The summed E-state index contributed by atoms with van der Waals surface area (Å²) >= 11 is 11.8. The number of rotatable bonds is 4. The second-order valence-electron chi connectivity index (χ2n) is 4.84. The third-order valence-electron chi connectivity index (χ3n) is 3.50. The second kappa shape index (κ2) is 6.49. The Labute approximate surface area is 142 Å². The van der Waals surface area contributed by atoms with Gasteiger partial charge in [0.05, 0.1) is 6.04 Å². The molecule has 0 amide bonds. The van der Waals surface area contributed by atoms with Crippen molar-refractivity contribution in [1.29, 1.82) is 0 Å². The largest absolute Gasteiger partial charge is 0.306 e. The Morgan fingerprint density at radius 1 is 1.19 bits per heavy atom. The van der Waals surface area contributed by atoms with E-state index in [9.17, 15) is 0 Å². The van der Waals surface area contributed by atoms with Crippen LogP contribution in [0.4, 0.5) is 0 Å². The summed E-state index contributed by atoms with van der Waals surface area (Å²) in [7, 11) is 0. The molecule has 0 saturated carbocycles. The van der Waals surface area contributed by atoms with Crippen molar-refractivity contribution in [2.45, 2.75) is 13.0 Å². The lowest BCUT2D eigenvalue weighted by molar-refractivity contribution is 0.635.